The molecule has 0 saturated carbocycles. The van der Waals surface area contributed by atoms with Crippen molar-refractivity contribution in [2.24, 2.45) is 5.73 Å². The zero-order chi connectivity index (χ0) is 17.3. The fraction of sp³-hybridized carbons (Fsp3) is 0.235. The van der Waals surface area contributed by atoms with Gasteiger partial charge in [0.05, 0.1) is 6.61 Å². The molecule has 0 aliphatic carbocycles. The fourth-order valence-electron chi connectivity index (χ4n) is 2.42. The van der Waals surface area contributed by atoms with Gasteiger partial charge in [0.25, 0.3) is 0 Å². The molecule has 7 heteroatoms. The molecule has 0 fully saturated rings. The second-order valence-electron chi connectivity index (χ2n) is 5.42. The van der Waals surface area contributed by atoms with Gasteiger partial charge in [-0.2, -0.15) is 0 Å². The number of alkyl halides is 2. The first-order chi connectivity index (χ1) is 11.3. The highest BCUT2D eigenvalue weighted by molar-refractivity contribution is 5.94. The van der Waals surface area contributed by atoms with Crippen molar-refractivity contribution in [3.8, 4) is 17.2 Å². The molecule has 0 radical (unpaired) electrons. The zero-order valence-electron chi connectivity index (χ0n) is 12.8. The van der Waals surface area contributed by atoms with Crippen molar-refractivity contribution < 1.29 is 27.8 Å². The highest BCUT2D eigenvalue weighted by Crippen LogP contribution is 2.47. The van der Waals surface area contributed by atoms with Crippen LogP contribution in [0, 0.1) is 6.92 Å². The van der Waals surface area contributed by atoms with Gasteiger partial charge in [-0.1, -0.05) is 29.8 Å². The number of benzene rings is 2. The molecule has 2 aromatic carbocycles. The highest BCUT2D eigenvalue weighted by Gasteiger charge is 2.45. The number of aryl methyl sites for hydroxylation is 1. The minimum Gasteiger partial charge on any atom is -0.489 e. The first-order valence-corrected chi connectivity index (χ1v) is 7.26. The Balaban J connectivity index is 1.79. The molecule has 3 rings (SSSR count). The van der Waals surface area contributed by atoms with E-state index in [1.807, 2.05) is 31.2 Å². The summed E-state index contributed by atoms with van der Waals surface area (Å²) < 4.78 is 40.9. The molecule has 126 valence electrons. The largest absolute Gasteiger partial charge is 0.586 e. The number of carbonyl (C=O) groups is 1. The zero-order valence-corrected chi connectivity index (χ0v) is 12.8. The van der Waals surface area contributed by atoms with Crippen molar-refractivity contribution in [1.82, 2.24) is 0 Å². The van der Waals surface area contributed by atoms with Crippen LogP contribution < -0.4 is 19.9 Å². The molecule has 5 nitrogen and oxygen atoms in total. The van der Waals surface area contributed by atoms with Crippen LogP contribution in [-0.4, -0.2) is 18.8 Å². The van der Waals surface area contributed by atoms with Gasteiger partial charge in [-0.15, -0.1) is 8.78 Å². The minimum atomic E-state index is -3.80. The van der Waals surface area contributed by atoms with Crippen LogP contribution in [0.5, 0.6) is 17.2 Å². The number of halogens is 2. The lowest BCUT2D eigenvalue weighted by Gasteiger charge is -2.10. The predicted octanol–water partition coefficient (Wildman–Crippen LogP) is 3.04. The van der Waals surface area contributed by atoms with E-state index >= 15 is 0 Å². The third-order valence-electron chi connectivity index (χ3n) is 3.49. The Morgan fingerprint density at radius 1 is 1.25 bits per heavy atom. The molecular formula is C17H15F2NO4. The summed E-state index contributed by atoms with van der Waals surface area (Å²) in [5.74, 6) is -1.30. The SMILES string of the molecule is Cc1cccc(CCOc2cc(C(N)=O)cc3c2OC(F)(F)O3)c1. The monoisotopic (exact) mass is 335 g/mol. The van der Waals surface area contributed by atoms with Gasteiger partial charge in [-0.05, 0) is 24.6 Å². The molecule has 1 amide bonds. The molecular weight excluding hydrogens is 320 g/mol. The van der Waals surface area contributed by atoms with E-state index in [4.69, 9.17) is 10.5 Å². The highest BCUT2D eigenvalue weighted by atomic mass is 19.3. The van der Waals surface area contributed by atoms with Gasteiger partial charge < -0.3 is 19.9 Å². The third kappa shape index (κ3) is 3.40. The molecule has 2 N–H and O–H groups in total. The molecule has 0 bridgehead atoms. The number of primary amides is 1. The maximum Gasteiger partial charge on any atom is 0.586 e. The van der Waals surface area contributed by atoms with Crippen molar-refractivity contribution in [2.45, 2.75) is 19.6 Å². The first-order valence-electron chi connectivity index (χ1n) is 7.26. The molecule has 0 saturated heterocycles. The Labute approximate surface area is 136 Å². The second-order valence-corrected chi connectivity index (χ2v) is 5.42. The summed E-state index contributed by atoms with van der Waals surface area (Å²) >= 11 is 0. The lowest BCUT2D eigenvalue weighted by molar-refractivity contribution is -0.287. The maximum atomic E-state index is 13.3. The summed E-state index contributed by atoms with van der Waals surface area (Å²) in [6.07, 6.45) is -3.23. The first kappa shape index (κ1) is 16.0. The van der Waals surface area contributed by atoms with Gasteiger partial charge in [0.15, 0.2) is 11.5 Å². The van der Waals surface area contributed by atoms with E-state index in [0.717, 1.165) is 17.2 Å². The van der Waals surface area contributed by atoms with Gasteiger partial charge in [-0.25, -0.2) is 0 Å². The molecule has 0 spiro atoms. The molecule has 0 aromatic heterocycles. The average Bonchev–Trinajstić information content (AvgIpc) is 2.81. The summed E-state index contributed by atoms with van der Waals surface area (Å²) in [5, 5.41) is 0. The lowest BCUT2D eigenvalue weighted by atomic mass is 10.1. The van der Waals surface area contributed by atoms with E-state index in [9.17, 15) is 13.6 Å². The van der Waals surface area contributed by atoms with Gasteiger partial charge in [-0.3, -0.25) is 4.79 Å². The summed E-state index contributed by atoms with van der Waals surface area (Å²) in [5.41, 5.74) is 7.36. The molecule has 0 unspecified atom stereocenters. The summed E-state index contributed by atoms with van der Waals surface area (Å²) in [6, 6.07) is 10.2. The Bertz CT molecular complexity index is 792. The van der Waals surface area contributed by atoms with Crippen LogP contribution in [-0.2, 0) is 6.42 Å². The standard InChI is InChI=1S/C17H15F2NO4/c1-10-3-2-4-11(7-10)5-6-22-13-8-12(16(20)21)9-14-15(13)24-17(18,19)23-14/h2-4,7-9H,5-6H2,1H3,(H2,20,21). The van der Waals surface area contributed by atoms with Gasteiger partial charge >= 0.3 is 6.29 Å². The van der Waals surface area contributed by atoms with Crippen LogP contribution >= 0.6 is 0 Å². The molecule has 1 heterocycles. The Hall–Kier alpha value is -2.83. The molecule has 2 aromatic rings. The fourth-order valence-corrected chi connectivity index (χ4v) is 2.42. The normalized spacial score (nSPS) is 14.5. The van der Waals surface area contributed by atoms with Gasteiger partial charge in [0.1, 0.15) is 0 Å². The molecule has 1 aliphatic rings. The van der Waals surface area contributed by atoms with Gasteiger partial charge in [0.2, 0.25) is 11.7 Å². The minimum absolute atomic E-state index is 0.000561. The lowest BCUT2D eigenvalue weighted by Crippen LogP contribution is -2.26. The van der Waals surface area contributed by atoms with E-state index in [2.05, 4.69) is 9.47 Å². The number of fused-ring (bicyclic) bond motifs is 1. The van der Waals surface area contributed by atoms with E-state index in [1.165, 1.54) is 6.07 Å². The predicted molar refractivity (Wildman–Crippen MR) is 81.5 cm³/mol. The Kier molecular flexibility index (Phi) is 4.01. The van der Waals surface area contributed by atoms with Crippen LogP contribution in [0.15, 0.2) is 36.4 Å². The van der Waals surface area contributed by atoms with Crippen LogP contribution in [0.2, 0.25) is 0 Å². The number of nitrogens with two attached hydrogens (primary N) is 1. The number of ether oxygens (including phenoxy) is 3. The quantitative estimate of drug-likeness (QED) is 0.912. The molecule has 24 heavy (non-hydrogen) atoms. The van der Waals surface area contributed by atoms with Crippen molar-refractivity contribution in [3.63, 3.8) is 0 Å². The third-order valence-corrected chi connectivity index (χ3v) is 3.49. The Morgan fingerprint density at radius 2 is 2.04 bits per heavy atom. The van der Waals surface area contributed by atoms with Crippen LogP contribution in [0.4, 0.5) is 8.78 Å². The van der Waals surface area contributed by atoms with Crippen molar-refractivity contribution >= 4 is 5.91 Å². The van der Waals surface area contributed by atoms with Crippen molar-refractivity contribution in [3.05, 3.63) is 53.1 Å². The van der Waals surface area contributed by atoms with Crippen molar-refractivity contribution in [2.75, 3.05) is 6.61 Å². The van der Waals surface area contributed by atoms with E-state index < -0.39 is 12.2 Å². The number of carbonyl (C=O) groups excluding carboxylic acids is 1. The summed E-state index contributed by atoms with van der Waals surface area (Å²) in [7, 11) is 0. The maximum absolute atomic E-state index is 13.3. The van der Waals surface area contributed by atoms with Crippen molar-refractivity contribution in [1.29, 1.82) is 0 Å². The number of amides is 1. The smallest absolute Gasteiger partial charge is 0.489 e. The van der Waals surface area contributed by atoms with E-state index in [1.54, 1.807) is 0 Å². The molecule has 1 aliphatic heterocycles. The Morgan fingerprint density at radius 3 is 2.75 bits per heavy atom. The number of hydrogen-bond donors (Lipinski definition) is 1. The number of rotatable bonds is 5. The van der Waals surface area contributed by atoms with Crippen LogP contribution in [0.1, 0.15) is 21.5 Å². The van der Waals surface area contributed by atoms with Gasteiger partial charge in [0, 0.05) is 12.0 Å². The second kappa shape index (κ2) is 5.99. The van der Waals surface area contributed by atoms with Crippen LogP contribution in [0.3, 0.4) is 0 Å². The molecule has 0 atom stereocenters. The van der Waals surface area contributed by atoms with E-state index in [-0.39, 0.29) is 29.4 Å². The van der Waals surface area contributed by atoms with Crippen LogP contribution in [0.25, 0.3) is 0 Å². The average molecular weight is 335 g/mol. The number of hydrogen-bond acceptors (Lipinski definition) is 4. The summed E-state index contributed by atoms with van der Waals surface area (Å²) in [6.45, 7) is 2.19. The van der Waals surface area contributed by atoms with E-state index in [0.29, 0.717) is 6.42 Å². The topological polar surface area (TPSA) is 70.8 Å². The summed E-state index contributed by atoms with van der Waals surface area (Å²) in [4.78, 5) is 11.3.